The van der Waals surface area contributed by atoms with Crippen molar-refractivity contribution in [1.82, 2.24) is 0 Å². The van der Waals surface area contributed by atoms with E-state index in [1.807, 2.05) is 37.3 Å². The molecule has 22 heavy (non-hydrogen) atoms. The van der Waals surface area contributed by atoms with Crippen molar-refractivity contribution in [3.8, 4) is 11.5 Å². The number of rotatable bonds is 6. The van der Waals surface area contributed by atoms with Crippen LogP contribution in [0.5, 0.6) is 11.5 Å². The molecule has 4 heteroatoms. The molecule has 0 fully saturated rings. The molecule has 0 saturated heterocycles. The number of carbonyl (C=O) groups excluding carboxylic acids is 1. The maximum atomic E-state index is 12.5. The Labute approximate surface area is 131 Å². The average molecular weight is 299 g/mol. The molecule has 2 aromatic carbocycles. The first-order chi connectivity index (χ1) is 10.6. The standard InChI is InChI=1S/C18H21NO3/c1-4-18(2,17(20)19-14-8-6-5-7-9-14)22-16-12-10-15(21-3)11-13-16/h5-13H,4H2,1-3H3,(H,19,20). The summed E-state index contributed by atoms with van der Waals surface area (Å²) in [7, 11) is 1.61. The summed E-state index contributed by atoms with van der Waals surface area (Å²) in [5.74, 6) is 1.21. The molecule has 0 heterocycles. The quantitative estimate of drug-likeness (QED) is 0.880. The summed E-state index contributed by atoms with van der Waals surface area (Å²) in [6.07, 6.45) is 0.553. The van der Waals surface area contributed by atoms with Gasteiger partial charge in [-0.2, -0.15) is 0 Å². The summed E-state index contributed by atoms with van der Waals surface area (Å²) in [6.45, 7) is 3.71. The molecule has 1 unspecified atom stereocenters. The first kappa shape index (κ1) is 15.9. The number of ether oxygens (including phenoxy) is 2. The highest BCUT2D eigenvalue weighted by molar-refractivity contribution is 5.97. The summed E-state index contributed by atoms with van der Waals surface area (Å²) < 4.78 is 11.0. The minimum Gasteiger partial charge on any atom is -0.497 e. The van der Waals surface area contributed by atoms with E-state index in [2.05, 4.69) is 5.32 Å². The van der Waals surface area contributed by atoms with Gasteiger partial charge in [0.25, 0.3) is 5.91 Å². The Kier molecular flexibility index (Phi) is 5.04. The maximum absolute atomic E-state index is 12.5. The Hall–Kier alpha value is -2.49. The van der Waals surface area contributed by atoms with Crippen LogP contribution in [0.15, 0.2) is 54.6 Å². The summed E-state index contributed by atoms with van der Waals surface area (Å²) >= 11 is 0. The van der Waals surface area contributed by atoms with E-state index >= 15 is 0 Å². The lowest BCUT2D eigenvalue weighted by Crippen LogP contribution is -2.44. The Bertz CT molecular complexity index is 610. The van der Waals surface area contributed by atoms with E-state index in [4.69, 9.17) is 9.47 Å². The first-order valence-corrected chi connectivity index (χ1v) is 7.27. The van der Waals surface area contributed by atoms with E-state index in [0.717, 1.165) is 11.4 Å². The Balaban J connectivity index is 2.11. The zero-order valence-electron chi connectivity index (χ0n) is 13.1. The van der Waals surface area contributed by atoms with Gasteiger partial charge in [-0.05, 0) is 49.7 Å². The molecule has 0 radical (unpaired) electrons. The smallest absolute Gasteiger partial charge is 0.268 e. The van der Waals surface area contributed by atoms with Gasteiger partial charge >= 0.3 is 0 Å². The van der Waals surface area contributed by atoms with Gasteiger partial charge < -0.3 is 14.8 Å². The zero-order valence-corrected chi connectivity index (χ0v) is 13.1. The minimum atomic E-state index is -0.940. The van der Waals surface area contributed by atoms with Crippen molar-refractivity contribution in [2.75, 3.05) is 12.4 Å². The molecule has 0 aliphatic rings. The number of amides is 1. The van der Waals surface area contributed by atoms with Gasteiger partial charge in [0, 0.05) is 5.69 Å². The van der Waals surface area contributed by atoms with E-state index in [-0.39, 0.29) is 5.91 Å². The number of benzene rings is 2. The molecular formula is C18H21NO3. The molecule has 0 aliphatic carbocycles. The van der Waals surface area contributed by atoms with Gasteiger partial charge in [0.05, 0.1) is 7.11 Å². The number of nitrogens with one attached hydrogen (secondary N) is 1. The summed E-state index contributed by atoms with van der Waals surface area (Å²) in [6, 6.07) is 16.6. The molecule has 2 rings (SSSR count). The number of anilines is 1. The molecular weight excluding hydrogens is 278 g/mol. The second-order valence-corrected chi connectivity index (χ2v) is 5.18. The van der Waals surface area contributed by atoms with E-state index in [1.54, 1.807) is 38.3 Å². The monoisotopic (exact) mass is 299 g/mol. The van der Waals surface area contributed by atoms with Crippen LogP contribution in [0.2, 0.25) is 0 Å². The first-order valence-electron chi connectivity index (χ1n) is 7.27. The number of hydrogen-bond acceptors (Lipinski definition) is 3. The highest BCUT2D eigenvalue weighted by atomic mass is 16.5. The third kappa shape index (κ3) is 3.79. The zero-order chi connectivity index (χ0) is 16.0. The normalized spacial score (nSPS) is 13.0. The molecule has 2 aromatic rings. The van der Waals surface area contributed by atoms with E-state index in [9.17, 15) is 4.79 Å². The van der Waals surface area contributed by atoms with Crippen LogP contribution < -0.4 is 14.8 Å². The SMILES string of the molecule is CCC(C)(Oc1ccc(OC)cc1)C(=O)Nc1ccccc1. The fourth-order valence-corrected chi connectivity index (χ4v) is 1.97. The molecule has 116 valence electrons. The summed E-state index contributed by atoms with van der Waals surface area (Å²) in [4.78, 5) is 12.5. The van der Waals surface area contributed by atoms with Crippen LogP contribution in [0, 0.1) is 0 Å². The van der Waals surface area contributed by atoms with E-state index in [0.29, 0.717) is 12.2 Å². The number of para-hydroxylation sites is 1. The fraction of sp³-hybridized carbons (Fsp3) is 0.278. The predicted octanol–water partition coefficient (Wildman–Crippen LogP) is 3.88. The van der Waals surface area contributed by atoms with E-state index < -0.39 is 5.60 Å². The maximum Gasteiger partial charge on any atom is 0.268 e. The van der Waals surface area contributed by atoms with Crippen LogP contribution in [0.3, 0.4) is 0 Å². The molecule has 1 N–H and O–H groups in total. The molecule has 0 aliphatic heterocycles. The van der Waals surface area contributed by atoms with Crippen LogP contribution in [-0.2, 0) is 4.79 Å². The largest absolute Gasteiger partial charge is 0.497 e. The number of hydrogen-bond donors (Lipinski definition) is 1. The van der Waals surface area contributed by atoms with Crippen LogP contribution in [0.4, 0.5) is 5.69 Å². The number of carbonyl (C=O) groups is 1. The fourth-order valence-electron chi connectivity index (χ4n) is 1.97. The molecule has 0 aromatic heterocycles. The number of methoxy groups -OCH3 is 1. The van der Waals surface area contributed by atoms with Gasteiger partial charge in [-0.1, -0.05) is 25.1 Å². The van der Waals surface area contributed by atoms with Gasteiger partial charge in [-0.3, -0.25) is 4.79 Å². The lowest BCUT2D eigenvalue weighted by atomic mass is 10.0. The van der Waals surface area contributed by atoms with E-state index in [1.165, 1.54) is 0 Å². The van der Waals surface area contributed by atoms with Crippen molar-refractivity contribution in [3.63, 3.8) is 0 Å². The molecule has 0 saturated carbocycles. The highest BCUT2D eigenvalue weighted by Gasteiger charge is 2.33. The Morgan fingerprint density at radius 3 is 2.18 bits per heavy atom. The Morgan fingerprint density at radius 1 is 1.05 bits per heavy atom. The van der Waals surface area contributed by atoms with Crippen LogP contribution in [-0.4, -0.2) is 18.6 Å². The average Bonchev–Trinajstić information content (AvgIpc) is 2.56. The van der Waals surface area contributed by atoms with Gasteiger partial charge in [0.2, 0.25) is 0 Å². The summed E-state index contributed by atoms with van der Waals surface area (Å²) in [5.41, 5.74) is -0.185. The van der Waals surface area contributed by atoms with Gasteiger partial charge in [0.15, 0.2) is 5.60 Å². The van der Waals surface area contributed by atoms with Crippen LogP contribution in [0.25, 0.3) is 0 Å². The second kappa shape index (κ2) is 6.98. The topological polar surface area (TPSA) is 47.6 Å². The van der Waals surface area contributed by atoms with Crippen molar-refractivity contribution in [2.24, 2.45) is 0 Å². The lowest BCUT2D eigenvalue weighted by Gasteiger charge is -2.28. The van der Waals surface area contributed by atoms with Gasteiger partial charge in [-0.25, -0.2) is 0 Å². The summed E-state index contributed by atoms with van der Waals surface area (Å²) in [5, 5.41) is 2.89. The van der Waals surface area contributed by atoms with Gasteiger partial charge in [0.1, 0.15) is 11.5 Å². The molecule has 0 spiro atoms. The van der Waals surface area contributed by atoms with Crippen molar-refractivity contribution in [1.29, 1.82) is 0 Å². The molecule has 0 bridgehead atoms. The molecule has 4 nitrogen and oxygen atoms in total. The van der Waals surface area contributed by atoms with Crippen molar-refractivity contribution in [3.05, 3.63) is 54.6 Å². The predicted molar refractivity (Wildman–Crippen MR) is 87.4 cm³/mol. The Morgan fingerprint density at radius 2 is 1.64 bits per heavy atom. The van der Waals surface area contributed by atoms with Gasteiger partial charge in [-0.15, -0.1) is 0 Å². The highest BCUT2D eigenvalue weighted by Crippen LogP contribution is 2.25. The van der Waals surface area contributed by atoms with Crippen molar-refractivity contribution in [2.45, 2.75) is 25.9 Å². The van der Waals surface area contributed by atoms with Crippen LogP contribution in [0.1, 0.15) is 20.3 Å². The van der Waals surface area contributed by atoms with Crippen molar-refractivity contribution < 1.29 is 14.3 Å². The van der Waals surface area contributed by atoms with Crippen molar-refractivity contribution >= 4 is 11.6 Å². The third-order valence-corrected chi connectivity index (χ3v) is 3.59. The second-order valence-electron chi connectivity index (χ2n) is 5.18. The molecule has 1 amide bonds. The minimum absolute atomic E-state index is 0.169. The van der Waals surface area contributed by atoms with Crippen LogP contribution >= 0.6 is 0 Å². The molecule has 1 atom stereocenters. The lowest BCUT2D eigenvalue weighted by molar-refractivity contribution is -0.130. The third-order valence-electron chi connectivity index (χ3n) is 3.59.